The standard InChI is InChI=1S/C9H9N3.Na.H/c1-8-2-4-9(5-3-8)12-7-6-10-11-12;;/h2-7H,1H3;;. The molecular weight excluding hydrogens is 173 g/mol. The van der Waals surface area contributed by atoms with Gasteiger partial charge in [0.05, 0.1) is 18.1 Å². The van der Waals surface area contributed by atoms with Crippen molar-refractivity contribution in [1.82, 2.24) is 15.0 Å². The second kappa shape index (κ2) is 4.56. The van der Waals surface area contributed by atoms with Gasteiger partial charge in [-0.05, 0) is 19.1 Å². The SMILES string of the molecule is Cc1ccc(-n2ccnn2)cc1.[NaH]. The van der Waals surface area contributed by atoms with Crippen molar-refractivity contribution in [2.45, 2.75) is 6.92 Å². The molecule has 1 heterocycles. The van der Waals surface area contributed by atoms with Crippen LogP contribution in [0.4, 0.5) is 0 Å². The average Bonchev–Trinajstić information content (AvgIpc) is 2.58. The van der Waals surface area contributed by atoms with E-state index in [1.54, 1.807) is 10.9 Å². The number of benzene rings is 1. The van der Waals surface area contributed by atoms with Crippen LogP contribution in [0.5, 0.6) is 0 Å². The van der Waals surface area contributed by atoms with E-state index in [0.717, 1.165) is 5.69 Å². The van der Waals surface area contributed by atoms with Crippen molar-refractivity contribution in [2.24, 2.45) is 0 Å². The molecule has 0 aliphatic carbocycles. The third-order valence-corrected chi connectivity index (χ3v) is 1.72. The Kier molecular flexibility index (Phi) is 3.66. The Morgan fingerprint density at radius 1 is 1.15 bits per heavy atom. The van der Waals surface area contributed by atoms with E-state index in [-0.39, 0.29) is 29.6 Å². The Bertz CT molecular complexity index is 353. The minimum atomic E-state index is 0. The average molecular weight is 183 g/mol. The molecule has 1 aromatic heterocycles. The van der Waals surface area contributed by atoms with Gasteiger partial charge in [-0.25, -0.2) is 4.68 Å². The van der Waals surface area contributed by atoms with Crippen LogP contribution in [-0.4, -0.2) is 44.6 Å². The zero-order chi connectivity index (χ0) is 8.39. The maximum absolute atomic E-state index is 3.88. The molecule has 1 aromatic carbocycles. The van der Waals surface area contributed by atoms with E-state index >= 15 is 0 Å². The number of nitrogens with zero attached hydrogens (tertiary/aromatic N) is 3. The van der Waals surface area contributed by atoms with Crippen LogP contribution in [0.25, 0.3) is 5.69 Å². The Balaban J connectivity index is 0.000000845. The topological polar surface area (TPSA) is 30.7 Å². The van der Waals surface area contributed by atoms with Gasteiger partial charge in [0.15, 0.2) is 0 Å². The fourth-order valence-electron chi connectivity index (χ4n) is 1.04. The summed E-state index contributed by atoms with van der Waals surface area (Å²) in [6, 6.07) is 8.14. The number of aromatic nitrogens is 3. The Morgan fingerprint density at radius 3 is 2.38 bits per heavy atom. The molecule has 2 rings (SSSR count). The third kappa shape index (κ3) is 2.40. The molecule has 0 atom stereocenters. The summed E-state index contributed by atoms with van der Waals surface area (Å²) >= 11 is 0. The van der Waals surface area contributed by atoms with Crippen molar-refractivity contribution in [3.05, 3.63) is 42.2 Å². The summed E-state index contributed by atoms with van der Waals surface area (Å²) in [6.45, 7) is 2.06. The summed E-state index contributed by atoms with van der Waals surface area (Å²) in [5.41, 5.74) is 2.29. The molecule has 0 fully saturated rings. The molecule has 0 aliphatic rings. The molecule has 62 valence electrons. The first-order valence-electron chi connectivity index (χ1n) is 3.79. The van der Waals surface area contributed by atoms with Crippen LogP contribution >= 0.6 is 0 Å². The van der Waals surface area contributed by atoms with Gasteiger partial charge in [0.25, 0.3) is 0 Å². The summed E-state index contributed by atoms with van der Waals surface area (Å²) in [7, 11) is 0. The zero-order valence-electron chi connectivity index (χ0n) is 6.81. The van der Waals surface area contributed by atoms with Crippen molar-refractivity contribution in [2.75, 3.05) is 0 Å². The van der Waals surface area contributed by atoms with Crippen molar-refractivity contribution in [3.8, 4) is 5.69 Å². The number of hydrogen-bond acceptors (Lipinski definition) is 2. The van der Waals surface area contributed by atoms with Crippen LogP contribution in [0.15, 0.2) is 36.7 Å². The van der Waals surface area contributed by atoms with Gasteiger partial charge in [-0.15, -0.1) is 5.10 Å². The van der Waals surface area contributed by atoms with Crippen LogP contribution in [-0.2, 0) is 0 Å². The molecule has 0 saturated heterocycles. The molecule has 0 bridgehead atoms. The van der Waals surface area contributed by atoms with E-state index in [9.17, 15) is 0 Å². The van der Waals surface area contributed by atoms with Gasteiger partial charge < -0.3 is 0 Å². The first-order valence-corrected chi connectivity index (χ1v) is 3.79. The molecule has 2 aromatic rings. The Hall–Kier alpha value is -0.640. The van der Waals surface area contributed by atoms with Gasteiger partial charge in [0.1, 0.15) is 0 Å². The zero-order valence-corrected chi connectivity index (χ0v) is 6.81. The molecular formula is C9H10N3Na. The van der Waals surface area contributed by atoms with Crippen molar-refractivity contribution in [1.29, 1.82) is 0 Å². The Labute approximate surface area is 99.1 Å². The number of hydrogen-bond donors (Lipinski definition) is 0. The number of aryl methyl sites for hydroxylation is 1. The summed E-state index contributed by atoms with van der Waals surface area (Å²) in [4.78, 5) is 0. The van der Waals surface area contributed by atoms with E-state index in [1.165, 1.54) is 5.56 Å². The van der Waals surface area contributed by atoms with Gasteiger partial charge >= 0.3 is 29.6 Å². The van der Waals surface area contributed by atoms with Crippen molar-refractivity contribution in [3.63, 3.8) is 0 Å². The summed E-state index contributed by atoms with van der Waals surface area (Å²) in [5.74, 6) is 0. The molecule has 0 spiro atoms. The molecule has 0 aliphatic heterocycles. The quantitative estimate of drug-likeness (QED) is 0.616. The fourth-order valence-corrected chi connectivity index (χ4v) is 1.04. The molecule has 0 unspecified atom stereocenters. The fraction of sp³-hybridized carbons (Fsp3) is 0.111. The number of rotatable bonds is 1. The second-order valence-corrected chi connectivity index (χ2v) is 2.68. The molecule has 0 saturated carbocycles. The molecule has 13 heavy (non-hydrogen) atoms. The first-order chi connectivity index (χ1) is 5.86. The monoisotopic (exact) mass is 183 g/mol. The Morgan fingerprint density at radius 2 is 1.85 bits per heavy atom. The molecule has 0 amide bonds. The van der Waals surface area contributed by atoms with E-state index < -0.39 is 0 Å². The molecule has 3 nitrogen and oxygen atoms in total. The summed E-state index contributed by atoms with van der Waals surface area (Å²) in [5, 5.41) is 7.62. The van der Waals surface area contributed by atoms with E-state index in [0.29, 0.717) is 0 Å². The third-order valence-electron chi connectivity index (χ3n) is 1.72. The van der Waals surface area contributed by atoms with E-state index in [4.69, 9.17) is 0 Å². The predicted molar refractivity (Wildman–Crippen MR) is 53.2 cm³/mol. The van der Waals surface area contributed by atoms with Gasteiger partial charge in [-0.1, -0.05) is 22.9 Å². The maximum atomic E-state index is 3.88. The van der Waals surface area contributed by atoms with Crippen LogP contribution in [0.2, 0.25) is 0 Å². The van der Waals surface area contributed by atoms with Crippen LogP contribution in [0.1, 0.15) is 5.56 Å². The van der Waals surface area contributed by atoms with Crippen LogP contribution in [0.3, 0.4) is 0 Å². The summed E-state index contributed by atoms with van der Waals surface area (Å²) < 4.78 is 1.74. The molecule has 4 heteroatoms. The van der Waals surface area contributed by atoms with Crippen molar-refractivity contribution >= 4 is 29.6 Å². The minimum absolute atomic E-state index is 0. The second-order valence-electron chi connectivity index (χ2n) is 2.68. The molecule has 0 N–H and O–H groups in total. The molecule has 0 radical (unpaired) electrons. The summed E-state index contributed by atoms with van der Waals surface area (Å²) in [6.07, 6.45) is 3.49. The van der Waals surface area contributed by atoms with Gasteiger partial charge in [-0.3, -0.25) is 0 Å². The van der Waals surface area contributed by atoms with Gasteiger partial charge in [-0.2, -0.15) is 0 Å². The predicted octanol–water partition coefficient (Wildman–Crippen LogP) is 0.927. The van der Waals surface area contributed by atoms with Crippen molar-refractivity contribution < 1.29 is 0 Å². The van der Waals surface area contributed by atoms with Gasteiger partial charge in [0, 0.05) is 0 Å². The van der Waals surface area contributed by atoms with Crippen LogP contribution < -0.4 is 0 Å². The van der Waals surface area contributed by atoms with E-state index in [1.807, 2.05) is 18.3 Å². The van der Waals surface area contributed by atoms with E-state index in [2.05, 4.69) is 29.4 Å². The first kappa shape index (κ1) is 10.4. The van der Waals surface area contributed by atoms with Gasteiger partial charge in [0.2, 0.25) is 0 Å². The normalized spacial score (nSPS) is 9.31. The van der Waals surface area contributed by atoms with Crippen LogP contribution in [0, 0.1) is 6.92 Å².